The molecular formula is C26H25BrN6O2. The predicted molar refractivity (Wildman–Crippen MR) is 141 cm³/mol. The van der Waals surface area contributed by atoms with Crippen LogP contribution < -0.4 is 20.7 Å². The van der Waals surface area contributed by atoms with Gasteiger partial charge < -0.3 is 20.7 Å². The van der Waals surface area contributed by atoms with Crippen molar-refractivity contribution in [2.45, 2.75) is 6.54 Å². The van der Waals surface area contributed by atoms with Crippen molar-refractivity contribution in [3.05, 3.63) is 94.6 Å². The summed E-state index contributed by atoms with van der Waals surface area (Å²) in [5.74, 6) is 1.70. The number of aromatic nitrogens is 3. The minimum atomic E-state index is -0.125. The average Bonchev–Trinajstić information content (AvgIpc) is 2.90. The van der Waals surface area contributed by atoms with Crippen LogP contribution in [0.4, 0.5) is 11.8 Å². The molecule has 9 heteroatoms. The highest BCUT2D eigenvalue weighted by atomic mass is 79.9. The number of halogens is 1. The second-order valence-corrected chi connectivity index (χ2v) is 8.49. The van der Waals surface area contributed by atoms with Crippen molar-refractivity contribution in [1.29, 1.82) is 0 Å². The maximum atomic E-state index is 12.5. The predicted octanol–water partition coefficient (Wildman–Crippen LogP) is 4.76. The normalized spacial score (nSPS) is 10.5. The molecule has 178 valence electrons. The topological polar surface area (TPSA) is 101 Å². The Kier molecular flexibility index (Phi) is 8.24. The van der Waals surface area contributed by atoms with Crippen molar-refractivity contribution in [2.75, 3.05) is 30.8 Å². The molecule has 4 rings (SSSR count). The lowest BCUT2D eigenvalue weighted by Crippen LogP contribution is -2.22. The number of pyridine rings is 1. The van der Waals surface area contributed by atoms with Gasteiger partial charge in [-0.25, -0.2) is 9.97 Å². The summed E-state index contributed by atoms with van der Waals surface area (Å²) in [5.41, 5.74) is 3.29. The van der Waals surface area contributed by atoms with E-state index in [4.69, 9.17) is 4.74 Å². The first-order valence-corrected chi connectivity index (χ1v) is 11.8. The molecule has 0 aliphatic heterocycles. The van der Waals surface area contributed by atoms with E-state index >= 15 is 0 Å². The summed E-state index contributed by atoms with van der Waals surface area (Å²) >= 11 is 3.44. The zero-order chi connectivity index (χ0) is 24.5. The molecule has 0 radical (unpaired) electrons. The van der Waals surface area contributed by atoms with E-state index in [2.05, 4.69) is 46.8 Å². The molecule has 4 aromatic rings. The van der Waals surface area contributed by atoms with Crippen molar-refractivity contribution in [2.24, 2.45) is 0 Å². The molecule has 1 amide bonds. The molecule has 3 N–H and O–H groups in total. The summed E-state index contributed by atoms with van der Waals surface area (Å²) in [5, 5.41) is 9.38. The lowest BCUT2D eigenvalue weighted by atomic mass is 10.1. The Morgan fingerprint density at radius 3 is 2.54 bits per heavy atom. The van der Waals surface area contributed by atoms with Gasteiger partial charge in [0.05, 0.1) is 12.8 Å². The van der Waals surface area contributed by atoms with Gasteiger partial charge in [0, 0.05) is 47.5 Å². The SMILES string of the molecule is COc1cccc(NCCNc2nccc(-c3ccc(C(=O)NCc4cccc(Br)c4)cc3)n2)n1. The third kappa shape index (κ3) is 7.00. The van der Waals surface area contributed by atoms with Gasteiger partial charge in [0.25, 0.3) is 5.91 Å². The summed E-state index contributed by atoms with van der Waals surface area (Å²) in [6.07, 6.45) is 1.71. The first-order chi connectivity index (χ1) is 17.1. The van der Waals surface area contributed by atoms with Crippen LogP contribution in [0, 0.1) is 0 Å². The lowest BCUT2D eigenvalue weighted by Gasteiger charge is -2.09. The van der Waals surface area contributed by atoms with Gasteiger partial charge in [0.2, 0.25) is 11.8 Å². The zero-order valence-corrected chi connectivity index (χ0v) is 20.7. The molecule has 0 atom stereocenters. The highest BCUT2D eigenvalue weighted by Crippen LogP contribution is 2.19. The van der Waals surface area contributed by atoms with E-state index in [9.17, 15) is 4.79 Å². The Morgan fingerprint density at radius 1 is 0.943 bits per heavy atom. The minimum Gasteiger partial charge on any atom is -0.481 e. The van der Waals surface area contributed by atoms with E-state index in [0.29, 0.717) is 37.0 Å². The Bertz CT molecular complexity index is 1280. The quantitative estimate of drug-likeness (QED) is 0.253. The Labute approximate surface area is 212 Å². The molecule has 2 aromatic heterocycles. The molecule has 0 bridgehead atoms. The number of hydrogen-bond donors (Lipinski definition) is 3. The van der Waals surface area contributed by atoms with Crippen molar-refractivity contribution in [3.8, 4) is 17.1 Å². The first-order valence-electron chi connectivity index (χ1n) is 11.1. The number of carbonyl (C=O) groups is 1. The Hall–Kier alpha value is -3.98. The summed E-state index contributed by atoms with van der Waals surface area (Å²) in [7, 11) is 1.59. The van der Waals surface area contributed by atoms with Gasteiger partial charge in [-0.05, 0) is 42.0 Å². The van der Waals surface area contributed by atoms with Gasteiger partial charge in [-0.2, -0.15) is 4.98 Å². The van der Waals surface area contributed by atoms with Gasteiger partial charge in [-0.1, -0.05) is 46.3 Å². The third-order valence-corrected chi connectivity index (χ3v) is 5.58. The maximum absolute atomic E-state index is 12.5. The number of carbonyl (C=O) groups excluding carboxylic acids is 1. The van der Waals surface area contributed by atoms with Crippen LogP contribution in [0.15, 0.2) is 83.5 Å². The monoisotopic (exact) mass is 532 g/mol. The Balaban J connectivity index is 1.30. The number of nitrogens with zero attached hydrogens (tertiary/aromatic N) is 3. The van der Waals surface area contributed by atoms with Gasteiger partial charge in [-0.3, -0.25) is 4.79 Å². The fraction of sp³-hybridized carbons (Fsp3) is 0.154. The van der Waals surface area contributed by atoms with Crippen LogP contribution in [-0.2, 0) is 6.54 Å². The lowest BCUT2D eigenvalue weighted by molar-refractivity contribution is 0.0951. The van der Waals surface area contributed by atoms with E-state index in [-0.39, 0.29) is 5.91 Å². The molecule has 0 saturated carbocycles. The van der Waals surface area contributed by atoms with E-state index in [1.807, 2.05) is 54.6 Å². The van der Waals surface area contributed by atoms with Crippen molar-refractivity contribution < 1.29 is 9.53 Å². The van der Waals surface area contributed by atoms with Crippen LogP contribution in [0.1, 0.15) is 15.9 Å². The molecular weight excluding hydrogens is 508 g/mol. The largest absolute Gasteiger partial charge is 0.481 e. The van der Waals surface area contributed by atoms with Crippen LogP contribution in [0.5, 0.6) is 5.88 Å². The highest BCUT2D eigenvalue weighted by molar-refractivity contribution is 9.10. The Morgan fingerprint density at radius 2 is 1.74 bits per heavy atom. The zero-order valence-electron chi connectivity index (χ0n) is 19.2. The number of rotatable bonds is 10. The molecule has 2 heterocycles. The van der Waals surface area contributed by atoms with Gasteiger partial charge in [0.15, 0.2) is 0 Å². The van der Waals surface area contributed by atoms with Crippen molar-refractivity contribution >= 4 is 33.6 Å². The second kappa shape index (κ2) is 11.9. The van der Waals surface area contributed by atoms with Crippen LogP contribution in [0.25, 0.3) is 11.3 Å². The molecule has 0 saturated heterocycles. The van der Waals surface area contributed by atoms with E-state index in [1.54, 1.807) is 31.5 Å². The smallest absolute Gasteiger partial charge is 0.251 e. The standard InChI is InChI=1S/C26H25BrN6O2/c1-35-24-7-3-6-23(33-24)28-14-15-30-26-29-13-12-22(32-26)19-8-10-20(11-9-19)25(34)31-17-18-4-2-5-21(27)16-18/h2-13,16H,14-15,17H2,1H3,(H,28,33)(H,31,34)(H,29,30,32). The number of nitrogens with one attached hydrogen (secondary N) is 3. The van der Waals surface area contributed by atoms with Crippen LogP contribution in [-0.4, -0.2) is 41.1 Å². The average molecular weight is 533 g/mol. The second-order valence-electron chi connectivity index (χ2n) is 7.57. The molecule has 0 unspecified atom stereocenters. The van der Waals surface area contributed by atoms with Gasteiger partial charge in [0.1, 0.15) is 5.82 Å². The summed E-state index contributed by atoms with van der Waals surface area (Å²) in [6.45, 7) is 1.71. The number of methoxy groups -OCH3 is 1. The third-order valence-electron chi connectivity index (χ3n) is 5.09. The fourth-order valence-corrected chi connectivity index (χ4v) is 3.77. The summed E-state index contributed by atoms with van der Waals surface area (Å²) < 4.78 is 6.11. The van der Waals surface area contributed by atoms with Gasteiger partial charge >= 0.3 is 0 Å². The van der Waals surface area contributed by atoms with Crippen LogP contribution in [0.2, 0.25) is 0 Å². The molecule has 0 aliphatic rings. The van der Waals surface area contributed by atoms with E-state index in [0.717, 1.165) is 27.1 Å². The van der Waals surface area contributed by atoms with Crippen molar-refractivity contribution in [3.63, 3.8) is 0 Å². The summed E-state index contributed by atoms with van der Waals surface area (Å²) in [4.78, 5) is 25.7. The van der Waals surface area contributed by atoms with E-state index in [1.165, 1.54) is 0 Å². The fourth-order valence-electron chi connectivity index (χ4n) is 3.32. The number of anilines is 2. The number of hydrogen-bond acceptors (Lipinski definition) is 7. The van der Waals surface area contributed by atoms with E-state index < -0.39 is 0 Å². The van der Waals surface area contributed by atoms with Crippen LogP contribution in [0.3, 0.4) is 0 Å². The highest BCUT2D eigenvalue weighted by Gasteiger charge is 2.08. The molecule has 0 aliphatic carbocycles. The first kappa shape index (κ1) is 24.2. The minimum absolute atomic E-state index is 0.125. The number of ether oxygens (including phenoxy) is 1. The summed E-state index contributed by atoms with van der Waals surface area (Å²) in [6, 6.07) is 22.6. The van der Waals surface area contributed by atoms with Gasteiger partial charge in [-0.15, -0.1) is 0 Å². The number of amides is 1. The molecule has 0 fully saturated rings. The maximum Gasteiger partial charge on any atom is 0.251 e. The molecule has 8 nitrogen and oxygen atoms in total. The van der Waals surface area contributed by atoms with Crippen LogP contribution >= 0.6 is 15.9 Å². The molecule has 35 heavy (non-hydrogen) atoms. The molecule has 0 spiro atoms. The van der Waals surface area contributed by atoms with Crippen molar-refractivity contribution in [1.82, 2.24) is 20.3 Å². The number of benzene rings is 2. The molecule has 2 aromatic carbocycles.